The summed E-state index contributed by atoms with van der Waals surface area (Å²) in [7, 11) is 0. The summed E-state index contributed by atoms with van der Waals surface area (Å²) in [4.78, 5) is 47.2. The molecule has 1 fully saturated rings. The van der Waals surface area contributed by atoms with E-state index in [1.165, 1.54) is 105 Å². The number of unbranched alkanes of at least 4 members (excludes halogenated alkanes) is 14. The Morgan fingerprint density at radius 3 is 1.54 bits per heavy atom. The molecule has 0 aromatic carbocycles. The van der Waals surface area contributed by atoms with Gasteiger partial charge < -0.3 is 29.0 Å². The molecular weight excluding hydrogens is 530 g/mol. The lowest BCUT2D eigenvalue weighted by atomic mass is 9.96. The number of ether oxygens (including phenoxy) is 5. The van der Waals surface area contributed by atoms with Crippen molar-refractivity contribution >= 4 is 23.8 Å². The van der Waals surface area contributed by atoms with Gasteiger partial charge in [-0.15, -0.1) is 0 Å². The van der Waals surface area contributed by atoms with Gasteiger partial charge in [0.2, 0.25) is 5.91 Å². The predicted molar refractivity (Wildman–Crippen MR) is 155 cm³/mol. The first-order valence-electron chi connectivity index (χ1n) is 15.7. The van der Waals surface area contributed by atoms with Crippen LogP contribution in [0.5, 0.6) is 0 Å². The van der Waals surface area contributed by atoms with Crippen LogP contribution in [0, 0.1) is 0 Å². The Morgan fingerprint density at radius 2 is 1.10 bits per heavy atom. The first kappa shape index (κ1) is 36.8. The number of esters is 3. The molecule has 0 bridgehead atoms. The van der Waals surface area contributed by atoms with Crippen LogP contribution >= 0.6 is 0 Å². The molecule has 10 nitrogen and oxygen atoms in total. The second-order valence-electron chi connectivity index (χ2n) is 11.0. The van der Waals surface area contributed by atoms with Gasteiger partial charge in [0.05, 0.1) is 0 Å². The average Bonchev–Trinajstić information content (AvgIpc) is 2.89. The summed E-state index contributed by atoms with van der Waals surface area (Å²) in [6.07, 6.45) is 14.6. The minimum Gasteiger partial charge on any atom is -0.463 e. The van der Waals surface area contributed by atoms with Crippen LogP contribution in [-0.4, -0.2) is 67.7 Å². The third-order valence-corrected chi connectivity index (χ3v) is 7.10. The van der Waals surface area contributed by atoms with E-state index in [-0.39, 0.29) is 6.61 Å². The molecule has 0 aliphatic carbocycles. The molecule has 1 N–H and O–H groups in total. The van der Waals surface area contributed by atoms with Crippen molar-refractivity contribution in [2.45, 2.75) is 162 Å². The van der Waals surface area contributed by atoms with Gasteiger partial charge in [-0.25, -0.2) is 0 Å². The second kappa shape index (κ2) is 22.4. The van der Waals surface area contributed by atoms with E-state index in [1.54, 1.807) is 0 Å². The highest BCUT2D eigenvalue weighted by Crippen LogP contribution is 2.28. The van der Waals surface area contributed by atoms with Crippen LogP contribution in [0.2, 0.25) is 0 Å². The summed E-state index contributed by atoms with van der Waals surface area (Å²) in [5.74, 6) is -2.20. The molecule has 0 spiro atoms. The molecule has 1 rings (SSSR count). The second-order valence-corrected chi connectivity index (χ2v) is 11.0. The zero-order valence-electron chi connectivity index (χ0n) is 26.1. The van der Waals surface area contributed by atoms with Gasteiger partial charge in [0, 0.05) is 34.3 Å². The number of rotatable bonds is 22. The molecule has 1 aliphatic rings. The molecular formula is C31H55NO9. The number of nitrogens with one attached hydrogen (secondary N) is 1. The highest BCUT2D eigenvalue weighted by Gasteiger charge is 2.51. The Labute approximate surface area is 246 Å². The molecule has 41 heavy (non-hydrogen) atoms. The molecule has 1 heterocycles. The van der Waals surface area contributed by atoms with Crippen molar-refractivity contribution in [2.75, 3.05) is 13.2 Å². The predicted octanol–water partition coefficient (Wildman–Crippen LogP) is 5.53. The minimum absolute atomic E-state index is 0.239. The standard InChI is InChI=1S/C31H55NO9/c1-6-7-8-9-10-11-12-13-14-15-16-17-18-19-20-21-37-31-28(32-23(2)33)30(40-26(5)36)29(39-25(4)35)27(41-31)22-38-24(3)34/h27-31H,6-22H2,1-5H3,(H,32,33)/t27-,28-,29-,30-,31-/m0/s1. The van der Waals surface area contributed by atoms with E-state index in [1.807, 2.05) is 0 Å². The zero-order valence-corrected chi connectivity index (χ0v) is 26.1. The molecule has 1 saturated heterocycles. The molecule has 0 aromatic heterocycles. The molecule has 0 saturated carbocycles. The van der Waals surface area contributed by atoms with Gasteiger partial charge in [0.15, 0.2) is 18.5 Å². The molecule has 1 aliphatic heterocycles. The van der Waals surface area contributed by atoms with Gasteiger partial charge in [0.1, 0.15) is 18.8 Å². The molecule has 10 heteroatoms. The van der Waals surface area contributed by atoms with Crippen LogP contribution in [0.1, 0.15) is 131 Å². The van der Waals surface area contributed by atoms with Crippen molar-refractivity contribution in [3.8, 4) is 0 Å². The van der Waals surface area contributed by atoms with E-state index in [2.05, 4.69) is 12.2 Å². The largest absolute Gasteiger partial charge is 0.463 e. The molecule has 5 atom stereocenters. The van der Waals surface area contributed by atoms with Crippen molar-refractivity contribution in [2.24, 2.45) is 0 Å². The summed E-state index contributed by atoms with van der Waals surface area (Å²) in [6.45, 7) is 7.38. The SMILES string of the molecule is CCCCCCCCCCCCCCCCCO[C@H]1O[C@@H](COC(C)=O)[C@H](OC(C)=O)[C@@H](OC(C)=O)[C@@H]1NC(C)=O. The summed E-state index contributed by atoms with van der Waals surface area (Å²) in [6, 6.07) is -0.925. The van der Waals surface area contributed by atoms with E-state index in [4.69, 9.17) is 23.7 Å². The van der Waals surface area contributed by atoms with Gasteiger partial charge in [-0.1, -0.05) is 96.8 Å². The van der Waals surface area contributed by atoms with Crippen LogP contribution in [0.15, 0.2) is 0 Å². The van der Waals surface area contributed by atoms with Crippen LogP contribution in [0.25, 0.3) is 0 Å². The normalized spacial score (nSPS) is 22.1. The number of hydrogen-bond acceptors (Lipinski definition) is 9. The maximum Gasteiger partial charge on any atom is 0.303 e. The van der Waals surface area contributed by atoms with Gasteiger partial charge >= 0.3 is 17.9 Å². The van der Waals surface area contributed by atoms with Crippen molar-refractivity contribution in [3.63, 3.8) is 0 Å². The maximum atomic E-state index is 12.0. The van der Waals surface area contributed by atoms with E-state index in [0.717, 1.165) is 19.3 Å². The number of carbonyl (C=O) groups excluding carboxylic acids is 4. The van der Waals surface area contributed by atoms with E-state index < -0.39 is 54.5 Å². The third-order valence-electron chi connectivity index (χ3n) is 7.10. The lowest BCUT2D eigenvalue weighted by molar-refractivity contribution is -0.277. The zero-order chi connectivity index (χ0) is 30.5. The number of amides is 1. The fraction of sp³-hybridized carbons (Fsp3) is 0.871. The minimum atomic E-state index is -1.11. The third kappa shape index (κ3) is 17.4. The highest BCUT2D eigenvalue weighted by atomic mass is 16.7. The molecule has 238 valence electrons. The Morgan fingerprint density at radius 1 is 0.634 bits per heavy atom. The fourth-order valence-electron chi connectivity index (χ4n) is 5.11. The Hall–Kier alpha value is -2.20. The van der Waals surface area contributed by atoms with Gasteiger partial charge in [-0.2, -0.15) is 0 Å². The van der Waals surface area contributed by atoms with Gasteiger partial charge in [0.25, 0.3) is 0 Å². The lowest BCUT2D eigenvalue weighted by Crippen LogP contribution is -2.66. The number of hydrogen-bond donors (Lipinski definition) is 1. The van der Waals surface area contributed by atoms with Gasteiger partial charge in [-0.3, -0.25) is 19.2 Å². The van der Waals surface area contributed by atoms with E-state index in [9.17, 15) is 19.2 Å². The smallest absolute Gasteiger partial charge is 0.303 e. The summed E-state index contributed by atoms with van der Waals surface area (Å²) < 4.78 is 28.0. The van der Waals surface area contributed by atoms with Crippen molar-refractivity contribution in [1.29, 1.82) is 0 Å². The summed E-state index contributed by atoms with van der Waals surface area (Å²) in [5, 5.41) is 2.72. The quantitative estimate of drug-likeness (QED) is 0.0991. The highest BCUT2D eigenvalue weighted by molar-refractivity contribution is 5.73. The van der Waals surface area contributed by atoms with Crippen molar-refractivity contribution in [3.05, 3.63) is 0 Å². The van der Waals surface area contributed by atoms with Crippen molar-refractivity contribution in [1.82, 2.24) is 5.32 Å². The Balaban J connectivity index is 2.50. The molecule has 0 radical (unpaired) electrons. The lowest BCUT2D eigenvalue weighted by Gasteiger charge is -2.44. The maximum absolute atomic E-state index is 12.0. The van der Waals surface area contributed by atoms with E-state index >= 15 is 0 Å². The Bertz CT molecular complexity index is 760. The van der Waals surface area contributed by atoms with E-state index in [0.29, 0.717) is 6.61 Å². The average molecular weight is 586 g/mol. The van der Waals surface area contributed by atoms with Crippen LogP contribution in [-0.2, 0) is 42.9 Å². The number of carbonyl (C=O) groups is 4. The fourth-order valence-corrected chi connectivity index (χ4v) is 5.11. The summed E-state index contributed by atoms with van der Waals surface area (Å²) >= 11 is 0. The molecule has 0 unspecified atom stereocenters. The van der Waals surface area contributed by atoms with Crippen LogP contribution in [0.4, 0.5) is 0 Å². The van der Waals surface area contributed by atoms with Gasteiger partial charge in [-0.05, 0) is 6.42 Å². The van der Waals surface area contributed by atoms with Crippen LogP contribution < -0.4 is 5.32 Å². The summed E-state index contributed by atoms with van der Waals surface area (Å²) in [5.41, 5.74) is 0. The first-order valence-corrected chi connectivity index (χ1v) is 15.7. The molecule has 0 aromatic rings. The monoisotopic (exact) mass is 585 g/mol. The molecule has 1 amide bonds. The first-order chi connectivity index (χ1) is 19.6. The van der Waals surface area contributed by atoms with Crippen molar-refractivity contribution < 1.29 is 42.9 Å². The topological polar surface area (TPSA) is 126 Å². The van der Waals surface area contributed by atoms with Crippen LogP contribution in [0.3, 0.4) is 0 Å². The Kier molecular flexibility index (Phi) is 20.1.